The molecule has 1 amide bonds. The van der Waals surface area contributed by atoms with E-state index in [0.29, 0.717) is 11.3 Å². The third-order valence-corrected chi connectivity index (χ3v) is 3.21. The van der Waals surface area contributed by atoms with Crippen LogP contribution in [0.5, 0.6) is 0 Å². The Labute approximate surface area is 113 Å². The van der Waals surface area contributed by atoms with Crippen LogP contribution in [0.15, 0.2) is 42.5 Å². The van der Waals surface area contributed by atoms with Crippen LogP contribution in [0, 0.1) is 13.8 Å². The van der Waals surface area contributed by atoms with Gasteiger partial charge in [-0.25, -0.2) is 0 Å². The maximum absolute atomic E-state index is 12.5. The number of amides is 1. The number of anilines is 2. The molecular formula is C16H18N2O. The van der Waals surface area contributed by atoms with Crippen molar-refractivity contribution in [2.24, 2.45) is 0 Å². The zero-order valence-corrected chi connectivity index (χ0v) is 11.5. The molecule has 0 heterocycles. The summed E-state index contributed by atoms with van der Waals surface area (Å²) in [6.45, 7) is 4.01. The minimum Gasteiger partial charge on any atom is -0.399 e. The number of nitrogen functional groups attached to an aromatic ring is 1. The van der Waals surface area contributed by atoms with Gasteiger partial charge in [-0.05, 0) is 43.2 Å². The van der Waals surface area contributed by atoms with E-state index in [-0.39, 0.29) is 5.91 Å². The summed E-state index contributed by atoms with van der Waals surface area (Å²) >= 11 is 0. The first-order chi connectivity index (χ1) is 9.00. The van der Waals surface area contributed by atoms with Crippen molar-refractivity contribution in [1.82, 2.24) is 0 Å². The lowest BCUT2D eigenvalue weighted by Crippen LogP contribution is -2.27. The summed E-state index contributed by atoms with van der Waals surface area (Å²) in [7, 11) is 1.79. The summed E-state index contributed by atoms with van der Waals surface area (Å²) in [5.74, 6) is -0.0512. The molecule has 2 aromatic carbocycles. The molecule has 3 heteroatoms. The van der Waals surface area contributed by atoms with Crippen LogP contribution in [0.3, 0.4) is 0 Å². The molecule has 0 radical (unpaired) electrons. The zero-order valence-electron chi connectivity index (χ0n) is 11.5. The number of aryl methyl sites for hydroxylation is 2. The number of carbonyl (C=O) groups is 1. The summed E-state index contributed by atoms with van der Waals surface area (Å²) in [6, 6.07) is 13.1. The van der Waals surface area contributed by atoms with Gasteiger partial charge in [-0.2, -0.15) is 0 Å². The normalized spacial score (nSPS) is 10.3. The summed E-state index contributed by atoms with van der Waals surface area (Å²) < 4.78 is 0. The van der Waals surface area contributed by atoms with E-state index in [4.69, 9.17) is 5.73 Å². The van der Waals surface area contributed by atoms with E-state index >= 15 is 0 Å². The molecule has 2 aromatic rings. The molecule has 19 heavy (non-hydrogen) atoms. The van der Waals surface area contributed by atoms with Crippen LogP contribution < -0.4 is 10.6 Å². The van der Waals surface area contributed by atoms with Crippen molar-refractivity contribution in [3.05, 3.63) is 59.2 Å². The van der Waals surface area contributed by atoms with Gasteiger partial charge in [-0.1, -0.05) is 24.3 Å². The molecule has 0 spiro atoms. The largest absolute Gasteiger partial charge is 0.399 e. The summed E-state index contributed by atoms with van der Waals surface area (Å²) in [4.78, 5) is 14.2. The Bertz CT molecular complexity index is 600. The lowest BCUT2D eigenvalue weighted by Gasteiger charge is -2.22. The first-order valence-electron chi connectivity index (χ1n) is 6.20. The second-order valence-corrected chi connectivity index (χ2v) is 4.73. The van der Waals surface area contributed by atoms with Gasteiger partial charge in [-0.3, -0.25) is 4.79 Å². The Morgan fingerprint density at radius 2 is 1.63 bits per heavy atom. The fraction of sp³-hybridized carbons (Fsp3) is 0.188. The van der Waals surface area contributed by atoms with Crippen molar-refractivity contribution in [3.8, 4) is 0 Å². The molecule has 2 N–H and O–H groups in total. The van der Waals surface area contributed by atoms with Crippen molar-refractivity contribution in [1.29, 1.82) is 0 Å². The van der Waals surface area contributed by atoms with Crippen LogP contribution in [0.2, 0.25) is 0 Å². The molecule has 0 unspecified atom stereocenters. The van der Waals surface area contributed by atoms with Gasteiger partial charge in [0.2, 0.25) is 0 Å². The number of nitrogens with two attached hydrogens (primary N) is 1. The fourth-order valence-electron chi connectivity index (χ4n) is 2.30. The predicted molar refractivity (Wildman–Crippen MR) is 79.5 cm³/mol. The topological polar surface area (TPSA) is 46.3 Å². The van der Waals surface area contributed by atoms with Gasteiger partial charge in [0.15, 0.2) is 0 Å². The quantitative estimate of drug-likeness (QED) is 0.837. The molecule has 0 aliphatic rings. The number of carbonyl (C=O) groups excluding carboxylic acids is 1. The number of hydrogen-bond donors (Lipinski definition) is 1. The first kappa shape index (κ1) is 13.1. The Balaban J connectivity index is 2.39. The van der Waals surface area contributed by atoms with Gasteiger partial charge in [0.1, 0.15) is 0 Å². The molecule has 0 bridgehead atoms. The highest BCUT2D eigenvalue weighted by Gasteiger charge is 2.16. The van der Waals surface area contributed by atoms with E-state index in [9.17, 15) is 4.79 Å². The van der Waals surface area contributed by atoms with Gasteiger partial charge in [0.05, 0.1) is 0 Å². The van der Waals surface area contributed by atoms with E-state index in [1.165, 1.54) is 0 Å². The lowest BCUT2D eigenvalue weighted by molar-refractivity contribution is 0.0992. The smallest absolute Gasteiger partial charge is 0.258 e. The van der Waals surface area contributed by atoms with Gasteiger partial charge >= 0.3 is 0 Å². The molecule has 0 aliphatic carbocycles. The molecular weight excluding hydrogens is 236 g/mol. The highest BCUT2D eigenvalue weighted by atomic mass is 16.2. The third kappa shape index (κ3) is 2.60. The van der Waals surface area contributed by atoms with Gasteiger partial charge in [0, 0.05) is 24.0 Å². The maximum atomic E-state index is 12.5. The van der Waals surface area contributed by atoms with Crippen molar-refractivity contribution < 1.29 is 4.79 Å². The van der Waals surface area contributed by atoms with E-state index < -0.39 is 0 Å². The Morgan fingerprint density at radius 1 is 1.05 bits per heavy atom. The monoisotopic (exact) mass is 254 g/mol. The maximum Gasteiger partial charge on any atom is 0.258 e. The average molecular weight is 254 g/mol. The summed E-state index contributed by atoms with van der Waals surface area (Å²) in [6.07, 6.45) is 0. The van der Waals surface area contributed by atoms with Crippen molar-refractivity contribution >= 4 is 17.3 Å². The first-order valence-corrected chi connectivity index (χ1v) is 6.20. The van der Waals surface area contributed by atoms with E-state index in [0.717, 1.165) is 16.8 Å². The van der Waals surface area contributed by atoms with Crippen LogP contribution in [0.1, 0.15) is 21.5 Å². The van der Waals surface area contributed by atoms with Crippen LogP contribution in [-0.2, 0) is 0 Å². The molecule has 0 fully saturated rings. The van der Waals surface area contributed by atoms with Crippen molar-refractivity contribution in [2.75, 3.05) is 17.7 Å². The predicted octanol–water partition coefficient (Wildman–Crippen LogP) is 3.16. The minimum absolute atomic E-state index is 0.0512. The molecule has 98 valence electrons. The molecule has 2 rings (SSSR count). The zero-order chi connectivity index (χ0) is 14.0. The van der Waals surface area contributed by atoms with Gasteiger partial charge in [-0.15, -0.1) is 0 Å². The van der Waals surface area contributed by atoms with Crippen LogP contribution >= 0.6 is 0 Å². The molecule has 0 atom stereocenters. The standard InChI is InChI=1S/C16H18N2O/c1-11-6-4-7-12(2)15(11)18(3)16(19)13-8-5-9-14(17)10-13/h4-10H,17H2,1-3H3. The highest BCUT2D eigenvalue weighted by Crippen LogP contribution is 2.25. The number of nitrogens with zero attached hydrogens (tertiary/aromatic N) is 1. The lowest BCUT2D eigenvalue weighted by atomic mass is 10.1. The van der Waals surface area contributed by atoms with Crippen LogP contribution in [-0.4, -0.2) is 13.0 Å². The second-order valence-electron chi connectivity index (χ2n) is 4.73. The molecule has 0 saturated carbocycles. The minimum atomic E-state index is -0.0512. The Kier molecular flexibility index (Phi) is 3.56. The number of para-hydroxylation sites is 1. The number of benzene rings is 2. The fourth-order valence-corrected chi connectivity index (χ4v) is 2.30. The van der Waals surface area contributed by atoms with E-state index in [2.05, 4.69) is 0 Å². The molecule has 0 saturated heterocycles. The Morgan fingerprint density at radius 3 is 2.21 bits per heavy atom. The van der Waals surface area contributed by atoms with Gasteiger partial charge < -0.3 is 10.6 Å². The second kappa shape index (κ2) is 5.14. The van der Waals surface area contributed by atoms with E-state index in [1.54, 1.807) is 36.2 Å². The van der Waals surface area contributed by atoms with Crippen LogP contribution in [0.4, 0.5) is 11.4 Å². The molecule has 0 aromatic heterocycles. The van der Waals surface area contributed by atoms with Crippen molar-refractivity contribution in [3.63, 3.8) is 0 Å². The number of rotatable bonds is 2. The van der Waals surface area contributed by atoms with Crippen molar-refractivity contribution in [2.45, 2.75) is 13.8 Å². The van der Waals surface area contributed by atoms with Crippen LogP contribution in [0.25, 0.3) is 0 Å². The molecule has 0 aliphatic heterocycles. The average Bonchev–Trinajstić information content (AvgIpc) is 2.37. The Hall–Kier alpha value is -2.29. The summed E-state index contributed by atoms with van der Waals surface area (Å²) in [5, 5.41) is 0. The summed E-state index contributed by atoms with van der Waals surface area (Å²) in [5.41, 5.74) is 10.0. The third-order valence-electron chi connectivity index (χ3n) is 3.21. The van der Waals surface area contributed by atoms with E-state index in [1.807, 2.05) is 32.0 Å². The number of hydrogen-bond acceptors (Lipinski definition) is 2. The van der Waals surface area contributed by atoms with Gasteiger partial charge in [0.25, 0.3) is 5.91 Å². The molecule has 3 nitrogen and oxygen atoms in total. The highest BCUT2D eigenvalue weighted by molar-refractivity contribution is 6.06. The SMILES string of the molecule is Cc1cccc(C)c1N(C)C(=O)c1cccc(N)c1.